The predicted octanol–water partition coefficient (Wildman–Crippen LogP) is 1.81. The number of carbonyl (C=O) groups excluding carboxylic acids is 1. The van der Waals surface area contributed by atoms with Crippen LogP contribution in [-0.4, -0.2) is 38.6 Å². The van der Waals surface area contributed by atoms with Crippen molar-refractivity contribution < 1.29 is 13.2 Å². The van der Waals surface area contributed by atoms with Crippen LogP contribution in [0.5, 0.6) is 0 Å². The number of aliphatic imine (C=N–C) groups is 1. The second-order valence-electron chi connectivity index (χ2n) is 7.02. The second-order valence-corrected chi connectivity index (χ2v) is 9.22. The highest BCUT2D eigenvalue weighted by atomic mass is 32.2. The zero-order chi connectivity index (χ0) is 18.7. The Bertz CT molecular complexity index is 804. The highest BCUT2D eigenvalue weighted by Gasteiger charge is 2.33. The minimum absolute atomic E-state index is 0.294. The number of hydrogen-bond acceptors (Lipinski definition) is 4. The average molecular weight is 378 g/mol. The Morgan fingerprint density at radius 3 is 2.31 bits per heavy atom. The van der Waals surface area contributed by atoms with E-state index in [1.807, 2.05) is 4.90 Å². The Morgan fingerprint density at radius 2 is 1.69 bits per heavy atom. The normalized spacial score (nSPS) is 18.7. The van der Waals surface area contributed by atoms with Crippen LogP contribution >= 0.6 is 0 Å². The van der Waals surface area contributed by atoms with Gasteiger partial charge in [0, 0.05) is 18.7 Å². The van der Waals surface area contributed by atoms with Crippen molar-refractivity contribution in [1.82, 2.24) is 0 Å². The minimum Gasteiger partial charge on any atom is -0.370 e. The largest absolute Gasteiger partial charge is 0.370 e. The highest BCUT2D eigenvalue weighted by molar-refractivity contribution is 7.92. The van der Waals surface area contributed by atoms with Gasteiger partial charge in [0.25, 0.3) is 5.91 Å². The van der Waals surface area contributed by atoms with E-state index in [2.05, 4.69) is 4.99 Å². The molecule has 2 fully saturated rings. The van der Waals surface area contributed by atoms with E-state index in [0.717, 1.165) is 45.2 Å². The number of carbonyl (C=O) groups is 1. The van der Waals surface area contributed by atoms with Crippen LogP contribution in [0.15, 0.2) is 28.1 Å². The standard InChI is InChI=1S/C18H26N4O3S/c19-18(20)21-17(23)13-8-9-16(15(12-13)22-10-4-5-11-22)26(24,25)14-6-2-1-3-7-14/h8-9,12,14H,1-7,10-11H2,(H4,19,20,21,23). The zero-order valence-electron chi connectivity index (χ0n) is 14.9. The Balaban J connectivity index is 2.03. The number of rotatable bonds is 4. The van der Waals surface area contributed by atoms with Crippen LogP contribution in [0.25, 0.3) is 0 Å². The molecule has 26 heavy (non-hydrogen) atoms. The van der Waals surface area contributed by atoms with E-state index in [-0.39, 0.29) is 11.2 Å². The first-order valence-electron chi connectivity index (χ1n) is 9.16. The first-order valence-corrected chi connectivity index (χ1v) is 10.7. The summed E-state index contributed by atoms with van der Waals surface area (Å²) >= 11 is 0. The van der Waals surface area contributed by atoms with Gasteiger partial charge in [-0.1, -0.05) is 19.3 Å². The number of sulfone groups is 1. The molecule has 1 aliphatic carbocycles. The molecule has 8 heteroatoms. The second kappa shape index (κ2) is 7.65. The lowest BCUT2D eigenvalue weighted by Crippen LogP contribution is -2.28. The van der Waals surface area contributed by atoms with Crippen molar-refractivity contribution in [2.75, 3.05) is 18.0 Å². The third-order valence-electron chi connectivity index (χ3n) is 5.18. The van der Waals surface area contributed by atoms with Gasteiger partial charge in [-0.3, -0.25) is 4.79 Å². The van der Waals surface area contributed by atoms with E-state index in [9.17, 15) is 13.2 Å². The number of anilines is 1. The molecule has 1 aromatic rings. The first-order chi connectivity index (χ1) is 12.4. The summed E-state index contributed by atoms with van der Waals surface area (Å²) in [5.41, 5.74) is 11.5. The number of benzene rings is 1. The van der Waals surface area contributed by atoms with Gasteiger partial charge in [0.15, 0.2) is 15.8 Å². The van der Waals surface area contributed by atoms with Gasteiger partial charge in [-0.25, -0.2) is 8.42 Å². The van der Waals surface area contributed by atoms with Crippen molar-refractivity contribution in [3.8, 4) is 0 Å². The molecule has 1 saturated heterocycles. The fraction of sp³-hybridized carbons (Fsp3) is 0.556. The van der Waals surface area contributed by atoms with Gasteiger partial charge >= 0.3 is 0 Å². The Labute approximate surface area is 154 Å². The van der Waals surface area contributed by atoms with E-state index in [0.29, 0.717) is 29.0 Å². The lowest BCUT2D eigenvalue weighted by molar-refractivity contribution is 0.100. The highest BCUT2D eigenvalue weighted by Crippen LogP contribution is 2.35. The molecule has 3 rings (SSSR count). The molecule has 1 amide bonds. The minimum atomic E-state index is -3.43. The van der Waals surface area contributed by atoms with Crippen molar-refractivity contribution in [3.63, 3.8) is 0 Å². The summed E-state index contributed by atoms with van der Waals surface area (Å²) in [5.74, 6) is -0.872. The molecule has 1 aromatic carbocycles. The van der Waals surface area contributed by atoms with E-state index in [1.54, 1.807) is 12.1 Å². The molecule has 1 aliphatic heterocycles. The summed E-state index contributed by atoms with van der Waals surface area (Å²) in [4.78, 5) is 18.1. The maximum absolute atomic E-state index is 13.2. The lowest BCUT2D eigenvalue weighted by atomic mass is 10.0. The maximum Gasteiger partial charge on any atom is 0.280 e. The molecular formula is C18H26N4O3S. The molecule has 4 N–H and O–H groups in total. The average Bonchev–Trinajstić information content (AvgIpc) is 3.16. The Kier molecular flexibility index (Phi) is 5.50. The van der Waals surface area contributed by atoms with Crippen LogP contribution in [0.3, 0.4) is 0 Å². The molecule has 0 unspecified atom stereocenters. The van der Waals surface area contributed by atoms with Crippen molar-refractivity contribution in [1.29, 1.82) is 0 Å². The summed E-state index contributed by atoms with van der Waals surface area (Å²) in [6, 6.07) is 4.67. The fourth-order valence-corrected chi connectivity index (χ4v) is 5.88. The van der Waals surface area contributed by atoms with E-state index >= 15 is 0 Å². The SMILES string of the molecule is NC(N)=NC(=O)c1ccc(S(=O)(=O)C2CCCCC2)c(N2CCCC2)c1. The van der Waals surface area contributed by atoms with Crippen LogP contribution in [0.1, 0.15) is 55.3 Å². The summed E-state index contributed by atoms with van der Waals surface area (Å²) < 4.78 is 26.5. The molecule has 0 bridgehead atoms. The zero-order valence-corrected chi connectivity index (χ0v) is 15.7. The van der Waals surface area contributed by atoms with E-state index in [1.165, 1.54) is 6.07 Å². The topological polar surface area (TPSA) is 119 Å². The molecule has 1 heterocycles. The third kappa shape index (κ3) is 3.85. The Hall–Kier alpha value is -2.09. The molecule has 2 aliphatic rings. The molecule has 0 spiro atoms. The molecule has 7 nitrogen and oxygen atoms in total. The van der Waals surface area contributed by atoms with Crippen LogP contribution in [0.2, 0.25) is 0 Å². The van der Waals surface area contributed by atoms with Gasteiger partial charge in [-0.05, 0) is 43.9 Å². The Morgan fingerprint density at radius 1 is 1.04 bits per heavy atom. The quantitative estimate of drug-likeness (QED) is 0.609. The summed E-state index contributed by atoms with van der Waals surface area (Å²) in [5, 5.41) is -0.336. The molecule has 142 valence electrons. The maximum atomic E-state index is 13.2. The van der Waals surface area contributed by atoms with E-state index < -0.39 is 15.7 Å². The van der Waals surface area contributed by atoms with E-state index in [4.69, 9.17) is 11.5 Å². The number of nitrogens with zero attached hydrogens (tertiary/aromatic N) is 2. The van der Waals surface area contributed by atoms with Gasteiger partial charge in [0.1, 0.15) is 0 Å². The first kappa shape index (κ1) is 18.7. The van der Waals surface area contributed by atoms with Crippen molar-refractivity contribution in [2.45, 2.75) is 55.1 Å². The fourth-order valence-electron chi connectivity index (χ4n) is 3.83. The lowest BCUT2D eigenvalue weighted by Gasteiger charge is -2.26. The summed E-state index contributed by atoms with van der Waals surface area (Å²) in [7, 11) is -3.43. The van der Waals surface area contributed by atoms with Gasteiger partial charge < -0.3 is 16.4 Å². The van der Waals surface area contributed by atoms with Crippen molar-refractivity contribution in [2.24, 2.45) is 16.5 Å². The van der Waals surface area contributed by atoms with Gasteiger partial charge in [-0.2, -0.15) is 4.99 Å². The number of guanidine groups is 1. The molecular weight excluding hydrogens is 352 g/mol. The predicted molar refractivity (Wildman–Crippen MR) is 102 cm³/mol. The number of amides is 1. The monoisotopic (exact) mass is 378 g/mol. The van der Waals surface area contributed by atoms with Crippen LogP contribution in [0.4, 0.5) is 5.69 Å². The summed E-state index contributed by atoms with van der Waals surface area (Å²) in [6.07, 6.45) is 6.42. The molecule has 0 atom stereocenters. The smallest absolute Gasteiger partial charge is 0.280 e. The van der Waals surface area contributed by atoms with Crippen LogP contribution in [-0.2, 0) is 9.84 Å². The number of hydrogen-bond donors (Lipinski definition) is 2. The third-order valence-corrected chi connectivity index (χ3v) is 7.49. The van der Waals surface area contributed by atoms with Gasteiger partial charge in [0.2, 0.25) is 0 Å². The van der Waals surface area contributed by atoms with Crippen molar-refractivity contribution >= 4 is 27.4 Å². The number of nitrogens with two attached hydrogens (primary N) is 2. The van der Waals surface area contributed by atoms with Gasteiger partial charge in [-0.15, -0.1) is 0 Å². The molecule has 0 aromatic heterocycles. The molecule has 1 saturated carbocycles. The summed E-state index contributed by atoms with van der Waals surface area (Å²) in [6.45, 7) is 1.57. The van der Waals surface area contributed by atoms with Crippen LogP contribution in [0, 0.1) is 0 Å². The van der Waals surface area contributed by atoms with Gasteiger partial charge in [0.05, 0.1) is 15.8 Å². The van der Waals surface area contributed by atoms with Crippen LogP contribution < -0.4 is 16.4 Å². The molecule has 0 radical (unpaired) electrons. The van der Waals surface area contributed by atoms with Crippen molar-refractivity contribution in [3.05, 3.63) is 23.8 Å².